The Hall–Kier alpha value is -3.52. The van der Waals surface area contributed by atoms with E-state index in [1.54, 1.807) is 6.07 Å². The summed E-state index contributed by atoms with van der Waals surface area (Å²) < 4.78 is 11.6. The Labute approximate surface area is 171 Å². The lowest BCUT2D eigenvalue weighted by atomic mass is 9.96. The van der Waals surface area contributed by atoms with Crippen LogP contribution < -0.4 is 4.90 Å². The van der Waals surface area contributed by atoms with E-state index in [2.05, 4.69) is 27.0 Å². The number of carbonyl (C=O) groups excluding carboxylic acids is 1. The number of morpholine rings is 1. The molecule has 1 aliphatic heterocycles. The largest absolute Gasteiger partial charge is 0.432 e. The lowest BCUT2D eigenvalue weighted by molar-refractivity contribution is 0.112. The summed E-state index contributed by atoms with van der Waals surface area (Å²) in [4.78, 5) is 31.0. The molecule has 0 unspecified atom stereocenters. The predicted octanol–water partition coefficient (Wildman–Crippen LogP) is 3.13. The second-order valence-electron chi connectivity index (χ2n) is 7.52. The van der Waals surface area contributed by atoms with Gasteiger partial charge in [-0.2, -0.15) is 0 Å². The van der Waals surface area contributed by atoms with Crippen LogP contribution >= 0.6 is 0 Å². The van der Waals surface area contributed by atoms with Crippen LogP contribution in [0.2, 0.25) is 0 Å². The molecule has 1 N–H and O–H groups in total. The second kappa shape index (κ2) is 6.77. The molecule has 0 atom stereocenters. The van der Waals surface area contributed by atoms with Crippen molar-refractivity contribution in [1.29, 1.82) is 0 Å². The lowest BCUT2D eigenvalue weighted by Gasteiger charge is -2.28. The summed E-state index contributed by atoms with van der Waals surface area (Å²) >= 11 is 0. The molecule has 0 spiro atoms. The molecule has 1 fully saturated rings. The van der Waals surface area contributed by atoms with E-state index in [9.17, 15) is 4.79 Å². The van der Waals surface area contributed by atoms with Gasteiger partial charge in [-0.3, -0.25) is 4.79 Å². The van der Waals surface area contributed by atoms with Crippen molar-refractivity contribution in [3.05, 3.63) is 53.2 Å². The van der Waals surface area contributed by atoms with Gasteiger partial charge in [-0.25, -0.2) is 15.0 Å². The molecule has 6 rings (SSSR count). The van der Waals surface area contributed by atoms with Crippen molar-refractivity contribution in [1.82, 2.24) is 19.9 Å². The predicted molar refractivity (Wildman–Crippen MR) is 112 cm³/mol. The van der Waals surface area contributed by atoms with Crippen molar-refractivity contribution in [2.45, 2.75) is 12.8 Å². The van der Waals surface area contributed by atoms with E-state index in [1.807, 2.05) is 6.20 Å². The van der Waals surface area contributed by atoms with Crippen molar-refractivity contribution in [2.75, 3.05) is 31.2 Å². The minimum absolute atomic E-state index is 0.455. The fraction of sp³-hybridized carbons (Fsp3) is 0.273. The van der Waals surface area contributed by atoms with E-state index in [0.717, 1.165) is 54.6 Å². The fourth-order valence-corrected chi connectivity index (χ4v) is 4.25. The number of hydrogen-bond acceptors (Lipinski definition) is 7. The summed E-state index contributed by atoms with van der Waals surface area (Å²) in [6, 6.07) is 3.85. The van der Waals surface area contributed by atoms with Crippen LogP contribution in [0.4, 0.5) is 5.82 Å². The number of H-pyrrole nitrogens is 1. The summed E-state index contributed by atoms with van der Waals surface area (Å²) in [7, 11) is 0. The van der Waals surface area contributed by atoms with Crippen LogP contribution in [0.25, 0.3) is 27.8 Å². The van der Waals surface area contributed by atoms with Crippen LogP contribution in [0.15, 0.2) is 35.0 Å². The smallest absolute Gasteiger partial charge is 0.229 e. The second-order valence-corrected chi connectivity index (χ2v) is 7.52. The minimum Gasteiger partial charge on any atom is -0.432 e. The van der Waals surface area contributed by atoms with Crippen LogP contribution in [-0.2, 0) is 11.2 Å². The molecule has 4 aromatic rings. The number of pyridine rings is 1. The number of carbonyl (C=O) groups is 1. The number of rotatable bonds is 3. The van der Waals surface area contributed by atoms with Crippen LogP contribution in [0.1, 0.15) is 33.9 Å². The van der Waals surface area contributed by atoms with Crippen molar-refractivity contribution in [3.8, 4) is 0 Å². The van der Waals surface area contributed by atoms with Gasteiger partial charge in [-0.1, -0.05) is 6.08 Å². The van der Waals surface area contributed by atoms with Gasteiger partial charge in [0.05, 0.1) is 18.6 Å². The van der Waals surface area contributed by atoms with Crippen molar-refractivity contribution in [3.63, 3.8) is 0 Å². The summed E-state index contributed by atoms with van der Waals surface area (Å²) in [5.74, 6) is 1.40. The standard InChI is InChI=1S/C22H19N5O3/c28-12-13-10-16-18-19(30-22(16)24-11-13)21(27-6-8-29-9-7-27)26-20(25-18)15-2-1-3-17-14(15)4-5-23-17/h2,4-5,10-12,23H,1,3,6-9H2. The number of aryl methyl sites for hydroxylation is 1. The van der Waals surface area contributed by atoms with E-state index in [0.29, 0.717) is 41.4 Å². The highest BCUT2D eigenvalue weighted by molar-refractivity contribution is 6.06. The van der Waals surface area contributed by atoms with Crippen LogP contribution in [0.5, 0.6) is 0 Å². The lowest BCUT2D eigenvalue weighted by Crippen LogP contribution is -2.37. The summed E-state index contributed by atoms with van der Waals surface area (Å²) in [5, 5.41) is 0.721. The van der Waals surface area contributed by atoms with Gasteiger partial charge < -0.3 is 19.0 Å². The molecule has 0 radical (unpaired) electrons. The van der Waals surface area contributed by atoms with Crippen LogP contribution in [0, 0.1) is 0 Å². The van der Waals surface area contributed by atoms with Gasteiger partial charge in [0.15, 0.2) is 23.5 Å². The topological polar surface area (TPSA) is 97.1 Å². The highest BCUT2D eigenvalue weighted by Crippen LogP contribution is 2.36. The first-order chi connectivity index (χ1) is 14.8. The van der Waals surface area contributed by atoms with Crippen molar-refractivity contribution >= 4 is 39.9 Å². The van der Waals surface area contributed by atoms with Gasteiger partial charge >= 0.3 is 0 Å². The molecule has 0 saturated carbocycles. The Bertz CT molecular complexity index is 1310. The number of hydrogen-bond donors (Lipinski definition) is 1. The maximum absolute atomic E-state index is 11.3. The van der Waals surface area contributed by atoms with E-state index >= 15 is 0 Å². The fourth-order valence-electron chi connectivity index (χ4n) is 4.25. The number of nitrogens with one attached hydrogen (secondary N) is 1. The molecule has 30 heavy (non-hydrogen) atoms. The Morgan fingerprint density at radius 3 is 2.97 bits per heavy atom. The van der Waals surface area contributed by atoms with Gasteiger partial charge in [-0.05, 0) is 25.0 Å². The Morgan fingerprint density at radius 1 is 1.20 bits per heavy atom. The number of allylic oxidation sites excluding steroid dienone is 1. The van der Waals surface area contributed by atoms with E-state index in [1.165, 1.54) is 11.9 Å². The number of ether oxygens (including phenoxy) is 1. The minimum atomic E-state index is 0.455. The van der Waals surface area contributed by atoms with E-state index in [-0.39, 0.29) is 0 Å². The van der Waals surface area contributed by atoms with Crippen LogP contribution in [0.3, 0.4) is 0 Å². The number of fused-ring (bicyclic) bond motifs is 4. The number of aromatic nitrogens is 4. The number of anilines is 1. The van der Waals surface area contributed by atoms with Crippen LogP contribution in [-0.4, -0.2) is 52.5 Å². The number of aldehydes is 1. The number of nitrogens with zero attached hydrogens (tertiary/aromatic N) is 4. The maximum atomic E-state index is 11.3. The van der Waals surface area contributed by atoms with Gasteiger partial charge in [-0.15, -0.1) is 0 Å². The zero-order chi connectivity index (χ0) is 20.1. The molecule has 8 heteroatoms. The van der Waals surface area contributed by atoms with E-state index in [4.69, 9.17) is 19.1 Å². The van der Waals surface area contributed by atoms with Gasteiger partial charge in [0, 0.05) is 47.9 Å². The third kappa shape index (κ3) is 2.64. The molecule has 1 aliphatic carbocycles. The molecule has 8 nitrogen and oxygen atoms in total. The van der Waals surface area contributed by atoms with E-state index < -0.39 is 0 Å². The zero-order valence-electron chi connectivity index (χ0n) is 16.2. The molecule has 4 aromatic heterocycles. The highest BCUT2D eigenvalue weighted by atomic mass is 16.5. The van der Waals surface area contributed by atoms with Crippen molar-refractivity contribution in [2.24, 2.45) is 0 Å². The average molecular weight is 401 g/mol. The Kier molecular flexibility index (Phi) is 3.92. The molecule has 5 heterocycles. The zero-order valence-corrected chi connectivity index (χ0v) is 16.2. The molecule has 1 saturated heterocycles. The first-order valence-electron chi connectivity index (χ1n) is 10.1. The normalized spacial score (nSPS) is 16.7. The molecular weight excluding hydrogens is 382 g/mol. The summed E-state index contributed by atoms with van der Waals surface area (Å²) in [5.41, 5.74) is 5.56. The van der Waals surface area contributed by atoms with Gasteiger partial charge in [0.2, 0.25) is 5.71 Å². The summed E-state index contributed by atoms with van der Waals surface area (Å²) in [6.07, 6.45) is 8.35. The number of furan rings is 1. The quantitative estimate of drug-likeness (QED) is 0.527. The average Bonchev–Trinajstić information content (AvgIpc) is 3.43. The molecule has 0 aromatic carbocycles. The molecule has 0 bridgehead atoms. The van der Waals surface area contributed by atoms with Crippen molar-refractivity contribution < 1.29 is 13.9 Å². The Morgan fingerprint density at radius 2 is 2.10 bits per heavy atom. The third-order valence-electron chi connectivity index (χ3n) is 5.73. The molecule has 2 aliphatic rings. The third-order valence-corrected chi connectivity index (χ3v) is 5.73. The first kappa shape index (κ1) is 17.3. The SMILES string of the molecule is O=Cc1cnc2oc3c(N4CCOCC4)nc(C4=CCCc5[nH]ccc54)nc3c2c1. The first-order valence-corrected chi connectivity index (χ1v) is 10.1. The number of aromatic amines is 1. The maximum Gasteiger partial charge on any atom is 0.229 e. The molecular formula is C22H19N5O3. The van der Waals surface area contributed by atoms with Gasteiger partial charge in [0.25, 0.3) is 0 Å². The molecule has 0 amide bonds. The molecule has 150 valence electrons. The Balaban J connectivity index is 1.62. The monoisotopic (exact) mass is 401 g/mol. The summed E-state index contributed by atoms with van der Waals surface area (Å²) in [6.45, 7) is 2.73. The highest BCUT2D eigenvalue weighted by Gasteiger charge is 2.25. The van der Waals surface area contributed by atoms with Gasteiger partial charge in [0.1, 0.15) is 5.52 Å².